The summed E-state index contributed by atoms with van der Waals surface area (Å²) in [6, 6.07) is 9.98. The largest absolute Gasteiger partial charge is 0.493 e. The lowest BCUT2D eigenvalue weighted by Gasteiger charge is -2.10. The highest BCUT2D eigenvalue weighted by molar-refractivity contribution is 7.80. The Hall–Kier alpha value is -1.39. The van der Waals surface area contributed by atoms with Crippen LogP contribution in [0.5, 0.6) is 5.75 Å². The second kappa shape index (κ2) is 5.98. The lowest BCUT2D eigenvalue weighted by atomic mass is 10.1. The van der Waals surface area contributed by atoms with E-state index in [1.54, 1.807) is 11.3 Å². The van der Waals surface area contributed by atoms with Crippen molar-refractivity contribution in [2.75, 3.05) is 6.61 Å². The van der Waals surface area contributed by atoms with Gasteiger partial charge in [0.25, 0.3) is 0 Å². The second-order valence-electron chi connectivity index (χ2n) is 4.02. The van der Waals surface area contributed by atoms with Gasteiger partial charge in [0.05, 0.1) is 6.61 Å². The highest BCUT2D eigenvalue weighted by Crippen LogP contribution is 2.20. The molecule has 0 spiro atoms. The number of nitrogens with two attached hydrogens (primary N) is 1. The molecular weight excluding hydrogens is 262 g/mol. The minimum absolute atomic E-state index is 0.401. The molecule has 0 aliphatic rings. The Labute approximate surface area is 116 Å². The number of aryl methyl sites for hydroxylation is 1. The molecule has 0 fully saturated rings. The van der Waals surface area contributed by atoms with Crippen LogP contribution >= 0.6 is 23.6 Å². The fourth-order valence-corrected chi connectivity index (χ4v) is 2.44. The molecule has 0 unspecified atom stereocenters. The zero-order valence-corrected chi connectivity index (χ0v) is 11.8. The first-order valence-electron chi connectivity index (χ1n) is 5.72. The molecule has 2 nitrogen and oxygen atoms in total. The SMILES string of the molecule is Cc1ccc(C(N)=S)cc1OCCc1cccs1. The van der Waals surface area contributed by atoms with Crippen molar-refractivity contribution in [3.05, 3.63) is 51.7 Å². The predicted octanol–water partition coefficient (Wildman–Crippen LogP) is 3.31. The van der Waals surface area contributed by atoms with Gasteiger partial charge in [0, 0.05) is 16.9 Å². The summed E-state index contributed by atoms with van der Waals surface area (Å²) >= 11 is 6.72. The van der Waals surface area contributed by atoms with Gasteiger partial charge in [-0.3, -0.25) is 0 Å². The van der Waals surface area contributed by atoms with E-state index in [2.05, 4.69) is 17.5 Å². The van der Waals surface area contributed by atoms with E-state index in [9.17, 15) is 0 Å². The highest BCUT2D eigenvalue weighted by atomic mass is 32.1. The molecule has 4 heteroatoms. The van der Waals surface area contributed by atoms with E-state index in [0.29, 0.717) is 11.6 Å². The topological polar surface area (TPSA) is 35.2 Å². The van der Waals surface area contributed by atoms with E-state index in [4.69, 9.17) is 22.7 Å². The fraction of sp³-hybridized carbons (Fsp3) is 0.214. The smallest absolute Gasteiger partial charge is 0.122 e. The zero-order valence-electron chi connectivity index (χ0n) is 10.2. The van der Waals surface area contributed by atoms with Crippen molar-refractivity contribution in [2.45, 2.75) is 13.3 Å². The summed E-state index contributed by atoms with van der Waals surface area (Å²) in [5.74, 6) is 0.858. The highest BCUT2D eigenvalue weighted by Gasteiger charge is 2.04. The third kappa shape index (κ3) is 3.31. The van der Waals surface area contributed by atoms with E-state index >= 15 is 0 Å². The van der Waals surface area contributed by atoms with Gasteiger partial charge in [-0.15, -0.1) is 11.3 Å². The lowest BCUT2D eigenvalue weighted by Crippen LogP contribution is -2.10. The van der Waals surface area contributed by atoms with Gasteiger partial charge in [0.1, 0.15) is 10.7 Å². The molecular formula is C14H15NOS2. The molecule has 0 aliphatic carbocycles. The summed E-state index contributed by atoms with van der Waals surface area (Å²) in [4.78, 5) is 1.73. The molecule has 0 atom stereocenters. The number of thiocarbonyl (C=S) groups is 1. The molecule has 0 radical (unpaired) electrons. The molecule has 18 heavy (non-hydrogen) atoms. The third-order valence-corrected chi connectivity index (χ3v) is 3.83. The van der Waals surface area contributed by atoms with Gasteiger partial charge >= 0.3 is 0 Å². The molecule has 2 N–H and O–H groups in total. The second-order valence-corrected chi connectivity index (χ2v) is 5.49. The van der Waals surface area contributed by atoms with Gasteiger partial charge in [-0.25, -0.2) is 0 Å². The van der Waals surface area contributed by atoms with Gasteiger partial charge in [0.2, 0.25) is 0 Å². The molecule has 1 aromatic heterocycles. The molecule has 2 rings (SSSR count). The maximum atomic E-state index is 5.79. The number of ether oxygens (including phenoxy) is 1. The number of hydrogen-bond donors (Lipinski definition) is 1. The maximum absolute atomic E-state index is 5.79. The van der Waals surface area contributed by atoms with E-state index in [0.717, 1.165) is 23.3 Å². The van der Waals surface area contributed by atoms with Crippen LogP contribution in [0.2, 0.25) is 0 Å². The number of thiophene rings is 1. The summed E-state index contributed by atoms with van der Waals surface area (Å²) < 4.78 is 5.79. The number of benzene rings is 1. The number of rotatable bonds is 5. The Morgan fingerprint density at radius 2 is 2.22 bits per heavy atom. The standard InChI is InChI=1S/C14H15NOS2/c1-10-4-5-11(14(15)17)9-13(10)16-7-6-12-3-2-8-18-12/h2-5,8-9H,6-7H2,1H3,(H2,15,17). The number of hydrogen-bond acceptors (Lipinski definition) is 3. The van der Waals surface area contributed by atoms with Crippen LogP contribution in [0.4, 0.5) is 0 Å². The minimum Gasteiger partial charge on any atom is -0.493 e. The van der Waals surface area contributed by atoms with Crippen molar-refractivity contribution in [3.8, 4) is 5.75 Å². The molecule has 1 aromatic carbocycles. The molecule has 0 saturated carbocycles. The first-order chi connectivity index (χ1) is 8.66. The van der Waals surface area contributed by atoms with Gasteiger partial charge in [-0.1, -0.05) is 30.4 Å². The van der Waals surface area contributed by atoms with Crippen LogP contribution in [0.3, 0.4) is 0 Å². The van der Waals surface area contributed by atoms with Crippen molar-refractivity contribution in [2.24, 2.45) is 5.73 Å². The van der Waals surface area contributed by atoms with Crippen molar-refractivity contribution < 1.29 is 4.74 Å². The van der Waals surface area contributed by atoms with Crippen LogP contribution in [-0.2, 0) is 6.42 Å². The van der Waals surface area contributed by atoms with Crippen molar-refractivity contribution in [1.29, 1.82) is 0 Å². The van der Waals surface area contributed by atoms with Gasteiger partial charge in [-0.05, 0) is 30.0 Å². The maximum Gasteiger partial charge on any atom is 0.122 e. The average Bonchev–Trinajstić information content (AvgIpc) is 2.84. The van der Waals surface area contributed by atoms with Crippen LogP contribution in [0.15, 0.2) is 35.7 Å². The monoisotopic (exact) mass is 277 g/mol. The summed E-state index contributed by atoms with van der Waals surface area (Å²) in [7, 11) is 0. The third-order valence-electron chi connectivity index (χ3n) is 2.66. The Balaban J connectivity index is 2.00. The summed E-state index contributed by atoms with van der Waals surface area (Å²) in [6.07, 6.45) is 0.925. The van der Waals surface area contributed by atoms with Crippen molar-refractivity contribution in [1.82, 2.24) is 0 Å². The molecule has 0 amide bonds. The van der Waals surface area contributed by atoms with E-state index < -0.39 is 0 Å². The lowest BCUT2D eigenvalue weighted by molar-refractivity contribution is 0.321. The summed E-state index contributed by atoms with van der Waals surface area (Å²) in [5.41, 5.74) is 7.56. The van der Waals surface area contributed by atoms with Crippen LogP contribution in [0, 0.1) is 6.92 Å². The van der Waals surface area contributed by atoms with Gasteiger partial charge in [-0.2, -0.15) is 0 Å². The molecule has 1 heterocycles. The molecule has 0 bridgehead atoms. The normalized spacial score (nSPS) is 10.3. The average molecular weight is 277 g/mol. The zero-order chi connectivity index (χ0) is 13.0. The Bertz CT molecular complexity index is 535. The van der Waals surface area contributed by atoms with E-state index in [1.165, 1.54) is 4.88 Å². The molecule has 0 saturated heterocycles. The first-order valence-corrected chi connectivity index (χ1v) is 7.01. The van der Waals surface area contributed by atoms with Crippen LogP contribution in [-0.4, -0.2) is 11.6 Å². The van der Waals surface area contributed by atoms with Gasteiger partial charge < -0.3 is 10.5 Å². The Morgan fingerprint density at radius 3 is 2.89 bits per heavy atom. The fourth-order valence-electron chi connectivity index (χ4n) is 1.63. The van der Waals surface area contributed by atoms with Crippen LogP contribution < -0.4 is 10.5 Å². The molecule has 0 aliphatic heterocycles. The molecule has 94 valence electrons. The van der Waals surface area contributed by atoms with Crippen molar-refractivity contribution >= 4 is 28.5 Å². The first kappa shape index (κ1) is 13.1. The van der Waals surface area contributed by atoms with E-state index in [1.807, 2.05) is 25.1 Å². The van der Waals surface area contributed by atoms with Crippen molar-refractivity contribution in [3.63, 3.8) is 0 Å². The Morgan fingerprint density at radius 1 is 1.39 bits per heavy atom. The quantitative estimate of drug-likeness (QED) is 0.852. The predicted molar refractivity (Wildman–Crippen MR) is 80.6 cm³/mol. The minimum atomic E-state index is 0.401. The summed E-state index contributed by atoms with van der Waals surface area (Å²) in [6.45, 7) is 2.69. The van der Waals surface area contributed by atoms with E-state index in [-0.39, 0.29) is 0 Å². The van der Waals surface area contributed by atoms with Crippen LogP contribution in [0.25, 0.3) is 0 Å². The van der Waals surface area contributed by atoms with Crippen LogP contribution in [0.1, 0.15) is 16.0 Å². The van der Waals surface area contributed by atoms with Gasteiger partial charge in [0.15, 0.2) is 0 Å². The Kier molecular flexibility index (Phi) is 4.33. The molecule has 2 aromatic rings. The summed E-state index contributed by atoms with van der Waals surface area (Å²) in [5, 5.41) is 2.08.